The van der Waals surface area contributed by atoms with Crippen molar-refractivity contribution in [2.75, 3.05) is 26.2 Å². The van der Waals surface area contributed by atoms with Gasteiger partial charge in [0.25, 0.3) is 0 Å². The second-order valence-electron chi connectivity index (χ2n) is 5.78. The largest absolute Gasteiger partial charge is 0.492 e. The van der Waals surface area contributed by atoms with Crippen LogP contribution in [-0.2, 0) is 4.79 Å². The highest BCUT2D eigenvalue weighted by atomic mass is 32.1. The first-order valence-corrected chi connectivity index (χ1v) is 9.05. The lowest BCUT2D eigenvalue weighted by Gasteiger charge is -2.16. The van der Waals surface area contributed by atoms with E-state index in [2.05, 4.69) is 4.90 Å². The SMILES string of the molecule is O=C(O)/C(=C\c1ccccc1OCCN1CCCC1)c1cccs1. The molecule has 1 N–H and O–H groups in total. The Morgan fingerprint density at radius 3 is 2.71 bits per heavy atom. The first kappa shape index (κ1) is 16.7. The summed E-state index contributed by atoms with van der Waals surface area (Å²) in [7, 11) is 0. The molecule has 1 saturated heterocycles. The minimum atomic E-state index is -0.927. The van der Waals surface area contributed by atoms with Gasteiger partial charge in [-0.3, -0.25) is 4.90 Å². The smallest absolute Gasteiger partial charge is 0.337 e. The molecule has 0 aliphatic carbocycles. The van der Waals surface area contributed by atoms with Gasteiger partial charge < -0.3 is 9.84 Å². The van der Waals surface area contributed by atoms with Gasteiger partial charge in [-0.1, -0.05) is 24.3 Å². The van der Waals surface area contributed by atoms with Crippen LogP contribution >= 0.6 is 11.3 Å². The van der Waals surface area contributed by atoms with Crippen LogP contribution in [0.25, 0.3) is 11.6 Å². The summed E-state index contributed by atoms with van der Waals surface area (Å²) < 4.78 is 5.92. The second kappa shape index (κ2) is 8.13. The van der Waals surface area contributed by atoms with E-state index in [0.29, 0.717) is 12.2 Å². The topological polar surface area (TPSA) is 49.8 Å². The summed E-state index contributed by atoms with van der Waals surface area (Å²) in [6, 6.07) is 11.3. The van der Waals surface area contributed by atoms with Gasteiger partial charge in [0.15, 0.2) is 0 Å². The van der Waals surface area contributed by atoms with Gasteiger partial charge in [0, 0.05) is 17.0 Å². The van der Waals surface area contributed by atoms with Crippen LogP contribution in [-0.4, -0.2) is 42.2 Å². The number of hydrogen-bond acceptors (Lipinski definition) is 4. The maximum absolute atomic E-state index is 11.6. The Balaban J connectivity index is 1.75. The summed E-state index contributed by atoms with van der Waals surface area (Å²) in [5.41, 5.74) is 1.09. The molecule has 126 valence electrons. The number of ether oxygens (including phenoxy) is 1. The molecule has 1 aliphatic heterocycles. The maximum Gasteiger partial charge on any atom is 0.337 e. The molecule has 0 unspecified atom stereocenters. The molecular weight excluding hydrogens is 322 g/mol. The van der Waals surface area contributed by atoms with Crippen LogP contribution < -0.4 is 4.74 Å². The van der Waals surface area contributed by atoms with Crippen LogP contribution in [0.15, 0.2) is 41.8 Å². The number of carboxylic acid groups (broad SMARTS) is 1. The van der Waals surface area contributed by atoms with Gasteiger partial charge in [0.05, 0.1) is 5.57 Å². The van der Waals surface area contributed by atoms with Crippen molar-refractivity contribution in [3.8, 4) is 5.75 Å². The average Bonchev–Trinajstić information content (AvgIpc) is 3.27. The molecular formula is C19H21NO3S. The Labute approximate surface area is 146 Å². The van der Waals surface area contributed by atoms with Gasteiger partial charge in [-0.2, -0.15) is 0 Å². The van der Waals surface area contributed by atoms with Gasteiger partial charge in [0.1, 0.15) is 12.4 Å². The third-order valence-electron chi connectivity index (χ3n) is 4.10. The summed E-state index contributed by atoms with van der Waals surface area (Å²) in [5.74, 6) is -0.198. The molecule has 0 atom stereocenters. The molecule has 24 heavy (non-hydrogen) atoms. The van der Waals surface area contributed by atoms with Crippen LogP contribution in [0.1, 0.15) is 23.3 Å². The summed E-state index contributed by atoms with van der Waals surface area (Å²) in [5, 5.41) is 11.4. The average molecular weight is 343 g/mol. The highest BCUT2D eigenvalue weighted by Gasteiger charge is 2.14. The van der Waals surface area contributed by atoms with E-state index >= 15 is 0 Å². The molecule has 4 nitrogen and oxygen atoms in total. The molecule has 0 amide bonds. The van der Waals surface area contributed by atoms with Crippen molar-refractivity contribution in [3.05, 3.63) is 52.2 Å². The quantitative estimate of drug-likeness (QED) is 0.776. The number of carbonyl (C=O) groups is 1. The van der Waals surface area contributed by atoms with Crippen LogP contribution in [0.5, 0.6) is 5.75 Å². The zero-order valence-corrected chi connectivity index (χ0v) is 14.3. The van der Waals surface area contributed by atoms with Crippen molar-refractivity contribution >= 4 is 29.0 Å². The Morgan fingerprint density at radius 1 is 1.21 bits per heavy atom. The third-order valence-corrected chi connectivity index (χ3v) is 5.00. The van der Waals surface area contributed by atoms with E-state index in [-0.39, 0.29) is 0 Å². The van der Waals surface area contributed by atoms with Crippen molar-refractivity contribution in [3.63, 3.8) is 0 Å². The van der Waals surface area contributed by atoms with E-state index in [1.54, 1.807) is 6.08 Å². The molecule has 1 aromatic heterocycles. The molecule has 0 bridgehead atoms. The van der Waals surface area contributed by atoms with E-state index < -0.39 is 5.97 Å². The fraction of sp³-hybridized carbons (Fsp3) is 0.316. The van der Waals surface area contributed by atoms with E-state index in [1.165, 1.54) is 24.2 Å². The van der Waals surface area contributed by atoms with Crippen LogP contribution in [0.3, 0.4) is 0 Å². The zero-order valence-electron chi connectivity index (χ0n) is 13.5. The Hall–Kier alpha value is -2.11. The summed E-state index contributed by atoms with van der Waals surface area (Å²) >= 11 is 1.42. The number of rotatable bonds is 7. The van der Waals surface area contributed by atoms with Crippen molar-refractivity contribution in [2.45, 2.75) is 12.8 Å². The zero-order chi connectivity index (χ0) is 16.8. The molecule has 1 fully saturated rings. The molecule has 1 aromatic carbocycles. The van der Waals surface area contributed by atoms with Gasteiger partial charge in [-0.05, 0) is 49.5 Å². The number of para-hydroxylation sites is 1. The van der Waals surface area contributed by atoms with Crippen molar-refractivity contribution < 1.29 is 14.6 Å². The van der Waals surface area contributed by atoms with E-state index in [9.17, 15) is 9.90 Å². The predicted octanol–water partition coefficient (Wildman–Crippen LogP) is 3.85. The highest BCUT2D eigenvalue weighted by Crippen LogP contribution is 2.27. The number of benzene rings is 1. The van der Waals surface area contributed by atoms with E-state index in [4.69, 9.17) is 4.74 Å². The molecule has 1 aliphatic rings. The lowest BCUT2D eigenvalue weighted by Crippen LogP contribution is -2.25. The normalized spacial score (nSPS) is 15.6. The Kier molecular flexibility index (Phi) is 5.67. The number of nitrogens with zero attached hydrogens (tertiary/aromatic N) is 1. The fourth-order valence-corrected chi connectivity index (χ4v) is 3.58. The summed E-state index contributed by atoms with van der Waals surface area (Å²) in [6.45, 7) is 3.82. The maximum atomic E-state index is 11.6. The van der Waals surface area contributed by atoms with Crippen LogP contribution in [0.4, 0.5) is 0 Å². The van der Waals surface area contributed by atoms with Gasteiger partial charge in [-0.15, -0.1) is 11.3 Å². The first-order valence-electron chi connectivity index (χ1n) is 8.17. The Bertz CT molecular complexity index is 703. The van der Waals surface area contributed by atoms with Gasteiger partial charge in [-0.25, -0.2) is 4.79 Å². The molecule has 2 aromatic rings. The van der Waals surface area contributed by atoms with Crippen molar-refractivity contribution in [1.82, 2.24) is 4.90 Å². The van der Waals surface area contributed by atoms with Crippen molar-refractivity contribution in [1.29, 1.82) is 0 Å². The predicted molar refractivity (Wildman–Crippen MR) is 97.4 cm³/mol. The lowest BCUT2D eigenvalue weighted by molar-refractivity contribution is -0.130. The summed E-state index contributed by atoms with van der Waals surface area (Å²) in [4.78, 5) is 14.7. The fourth-order valence-electron chi connectivity index (χ4n) is 2.85. The molecule has 0 spiro atoms. The third kappa shape index (κ3) is 4.24. The number of aliphatic carboxylic acids is 1. The molecule has 3 rings (SSSR count). The second-order valence-corrected chi connectivity index (χ2v) is 6.72. The summed E-state index contributed by atoms with van der Waals surface area (Å²) in [6.07, 6.45) is 4.23. The van der Waals surface area contributed by atoms with E-state index in [0.717, 1.165) is 35.8 Å². The van der Waals surface area contributed by atoms with Crippen LogP contribution in [0.2, 0.25) is 0 Å². The van der Waals surface area contributed by atoms with Gasteiger partial charge in [0.2, 0.25) is 0 Å². The Morgan fingerprint density at radius 2 is 2.00 bits per heavy atom. The molecule has 5 heteroatoms. The number of thiophene rings is 1. The first-order chi connectivity index (χ1) is 11.7. The molecule has 2 heterocycles. The minimum Gasteiger partial charge on any atom is -0.492 e. The van der Waals surface area contributed by atoms with E-state index in [1.807, 2.05) is 41.8 Å². The number of carboxylic acids is 1. The number of hydrogen-bond donors (Lipinski definition) is 1. The molecule has 0 saturated carbocycles. The highest BCUT2D eigenvalue weighted by molar-refractivity contribution is 7.11. The van der Waals surface area contributed by atoms with Crippen LogP contribution in [0, 0.1) is 0 Å². The van der Waals surface area contributed by atoms with Gasteiger partial charge >= 0.3 is 5.97 Å². The molecule has 0 radical (unpaired) electrons. The van der Waals surface area contributed by atoms with Crippen molar-refractivity contribution in [2.24, 2.45) is 0 Å². The number of likely N-dealkylation sites (tertiary alicyclic amines) is 1. The lowest BCUT2D eigenvalue weighted by atomic mass is 10.1. The standard InChI is InChI=1S/C19H21NO3S/c21-19(22)16(18-8-5-13-24-18)14-15-6-1-2-7-17(15)23-12-11-20-9-3-4-10-20/h1-2,5-8,13-14H,3-4,9-12H2,(H,21,22)/b16-14-. The minimum absolute atomic E-state index is 0.292. The monoisotopic (exact) mass is 343 g/mol.